The highest BCUT2D eigenvalue weighted by Gasteiger charge is 2.06. The molecule has 1 aromatic heterocycles. The summed E-state index contributed by atoms with van der Waals surface area (Å²) in [5, 5.41) is 2.72. The fraction of sp³-hybridized carbons (Fsp3) is 0.200. The number of anilines is 1. The van der Waals surface area contributed by atoms with Crippen molar-refractivity contribution in [3.8, 4) is 5.75 Å². The summed E-state index contributed by atoms with van der Waals surface area (Å²) in [4.78, 5) is 15.8. The molecule has 0 bridgehead atoms. The van der Waals surface area contributed by atoms with Crippen molar-refractivity contribution >= 4 is 11.7 Å². The van der Waals surface area contributed by atoms with Crippen molar-refractivity contribution in [2.45, 2.75) is 13.8 Å². The summed E-state index contributed by atoms with van der Waals surface area (Å²) in [5.74, 6) is 1.03. The van der Waals surface area contributed by atoms with E-state index in [1.165, 1.54) is 0 Å². The molecule has 0 aliphatic heterocycles. The van der Waals surface area contributed by atoms with Gasteiger partial charge in [-0.25, -0.2) is 4.98 Å². The third-order valence-corrected chi connectivity index (χ3v) is 2.66. The largest absolute Gasteiger partial charge is 0.484 e. The maximum absolute atomic E-state index is 11.7. The lowest BCUT2D eigenvalue weighted by Gasteiger charge is -2.08. The molecule has 0 atom stereocenters. The number of nitrogens with zero attached hydrogens (tertiary/aromatic N) is 1. The van der Waals surface area contributed by atoms with Crippen LogP contribution in [0, 0.1) is 13.8 Å². The standard InChI is InChI=1S/C15H16N2O2/c1-11-5-7-13(8-6-11)19-10-14(18)17-15-12(2)4-3-9-16-15/h3-9H,10H2,1-2H3,(H,16,17,18). The van der Waals surface area contributed by atoms with Crippen LogP contribution in [-0.2, 0) is 4.79 Å². The Kier molecular flexibility index (Phi) is 4.13. The molecule has 98 valence electrons. The molecule has 1 heterocycles. The zero-order valence-corrected chi connectivity index (χ0v) is 11.0. The molecule has 1 aromatic carbocycles. The SMILES string of the molecule is Cc1ccc(OCC(=O)Nc2ncccc2C)cc1. The van der Waals surface area contributed by atoms with Gasteiger partial charge >= 0.3 is 0 Å². The molecule has 1 N–H and O–H groups in total. The number of pyridine rings is 1. The van der Waals surface area contributed by atoms with Crippen molar-refractivity contribution in [3.63, 3.8) is 0 Å². The van der Waals surface area contributed by atoms with Crippen LogP contribution in [0.25, 0.3) is 0 Å². The Bertz CT molecular complexity index is 565. The van der Waals surface area contributed by atoms with Crippen LogP contribution in [-0.4, -0.2) is 17.5 Å². The van der Waals surface area contributed by atoms with E-state index in [0.29, 0.717) is 11.6 Å². The molecule has 2 rings (SSSR count). The number of carbonyl (C=O) groups excluding carboxylic acids is 1. The Labute approximate surface area is 112 Å². The predicted octanol–water partition coefficient (Wildman–Crippen LogP) is 2.72. The summed E-state index contributed by atoms with van der Waals surface area (Å²) < 4.78 is 5.40. The molecule has 0 radical (unpaired) electrons. The summed E-state index contributed by atoms with van der Waals surface area (Å²) in [7, 11) is 0. The Morgan fingerprint density at radius 1 is 1.21 bits per heavy atom. The minimum absolute atomic E-state index is 0.0287. The van der Waals surface area contributed by atoms with Crippen molar-refractivity contribution in [2.24, 2.45) is 0 Å². The number of hydrogen-bond acceptors (Lipinski definition) is 3. The van der Waals surface area contributed by atoms with Gasteiger partial charge < -0.3 is 10.1 Å². The number of benzene rings is 1. The van der Waals surface area contributed by atoms with Gasteiger partial charge in [0.2, 0.25) is 0 Å². The molecule has 19 heavy (non-hydrogen) atoms. The number of aromatic nitrogens is 1. The lowest BCUT2D eigenvalue weighted by Crippen LogP contribution is -2.21. The van der Waals surface area contributed by atoms with E-state index in [-0.39, 0.29) is 12.5 Å². The van der Waals surface area contributed by atoms with E-state index in [2.05, 4.69) is 10.3 Å². The predicted molar refractivity (Wildman–Crippen MR) is 74.3 cm³/mol. The summed E-state index contributed by atoms with van der Waals surface area (Å²) in [6.45, 7) is 3.86. The van der Waals surface area contributed by atoms with E-state index in [1.54, 1.807) is 6.20 Å². The molecular weight excluding hydrogens is 240 g/mol. The number of aryl methyl sites for hydroxylation is 2. The highest BCUT2D eigenvalue weighted by molar-refractivity contribution is 5.91. The van der Waals surface area contributed by atoms with E-state index in [4.69, 9.17) is 4.74 Å². The summed E-state index contributed by atoms with van der Waals surface area (Å²) in [6.07, 6.45) is 1.64. The van der Waals surface area contributed by atoms with Crippen LogP contribution < -0.4 is 10.1 Å². The Hall–Kier alpha value is -2.36. The minimum Gasteiger partial charge on any atom is -0.484 e. The van der Waals surface area contributed by atoms with Gasteiger partial charge in [0, 0.05) is 6.20 Å². The van der Waals surface area contributed by atoms with Gasteiger partial charge in [-0.1, -0.05) is 23.8 Å². The maximum Gasteiger partial charge on any atom is 0.263 e. The van der Waals surface area contributed by atoms with Crippen LogP contribution >= 0.6 is 0 Å². The quantitative estimate of drug-likeness (QED) is 0.915. The number of amides is 1. The lowest BCUT2D eigenvalue weighted by atomic mass is 10.2. The number of ether oxygens (including phenoxy) is 1. The molecule has 0 unspecified atom stereocenters. The van der Waals surface area contributed by atoms with Crippen molar-refractivity contribution in [1.29, 1.82) is 0 Å². The molecule has 0 aliphatic rings. The van der Waals surface area contributed by atoms with Gasteiger partial charge in [0.15, 0.2) is 6.61 Å². The zero-order valence-electron chi connectivity index (χ0n) is 11.0. The van der Waals surface area contributed by atoms with E-state index < -0.39 is 0 Å². The minimum atomic E-state index is -0.220. The number of nitrogens with one attached hydrogen (secondary N) is 1. The second kappa shape index (κ2) is 6.00. The number of rotatable bonds is 4. The van der Waals surface area contributed by atoms with Gasteiger partial charge in [-0.3, -0.25) is 4.79 Å². The average molecular weight is 256 g/mol. The van der Waals surface area contributed by atoms with Crippen LogP contribution in [0.1, 0.15) is 11.1 Å². The molecule has 4 heteroatoms. The van der Waals surface area contributed by atoms with Crippen molar-refractivity contribution in [3.05, 3.63) is 53.7 Å². The van der Waals surface area contributed by atoms with Gasteiger partial charge in [0.25, 0.3) is 5.91 Å². The normalized spacial score (nSPS) is 10.0. The van der Waals surface area contributed by atoms with Crippen LogP contribution in [0.5, 0.6) is 5.75 Å². The Morgan fingerprint density at radius 3 is 2.63 bits per heavy atom. The second-order valence-corrected chi connectivity index (χ2v) is 4.32. The van der Waals surface area contributed by atoms with Crippen LogP contribution in [0.15, 0.2) is 42.6 Å². The second-order valence-electron chi connectivity index (χ2n) is 4.32. The highest BCUT2D eigenvalue weighted by Crippen LogP contribution is 2.12. The fourth-order valence-electron chi connectivity index (χ4n) is 1.57. The van der Waals surface area contributed by atoms with Gasteiger partial charge in [-0.05, 0) is 37.6 Å². The first-order valence-corrected chi connectivity index (χ1v) is 6.06. The van der Waals surface area contributed by atoms with Crippen molar-refractivity contribution in [2.75, 3.05) is 11.9 Å². The Balaban J connectivity index is 1.88. The summed E-state index contributed by atoms with van der Waals surface area (Å²) >= 11 is 0. The summed E-state index contributed by atoms with van der Waals surface area (Å²) in [6, 6.07) is 11.3. The van der Waals surface area contributed by atoms with Crippen molar-refractivity contribution in [1.82, 2.24) is 4.98 Å². The fourth-order valence-corrected chi connectivity index (χ4v) is 1.57. The van der Waals surface area contributed by atoms with Gasteiger partial charge in [0.1, 0.15) is 11.6 Å². The molecule has 0 saturated carbocycles. The summed E-state index contributed by atoms with van der Waals surface area (Å²) in [5.41, 5.74) is 2.08. The molecular formula is C15H16N2O2. The average Bonchev–Trinajstić information content (AvgIpc) is 2.41. The van der Waals surface area contributed by atoms with Gasteiger partial charge in [0.05, 0.1) is 0 Å². The first kappa shape index (κ1) is 13.1. The molecule has 2 aromatic rings. The maximum atomic E-state index is 11.7. The highest BCUT2D eigenvalue weighted by atomic mass is 16.5. The van der Waals surface area contributed by atoms with Crippen LogP contribution in [0.4, 0.5) is 5.82 Å². The first-order valence-electron chi connectivity index (χ1n) is 6.06. The Morgan fingerprint density at radius 2 is 1.95 bits per heavy atom. The molecule has 0 saturated heterocycles. The molecule has 0 aliphatic carbocycles. The van der Waals surface area contributed by atoms with Gasteiger partial charge in [-0.2, -0.15) is 0 Å². The van der Waals surface area contributed by atoms with E-state index in [1.807, 2.05) is 50.2 Å². The first-order chi connectivity index (χ1) is 9.15. The monoisotopic (exact) mass is 256 g/mol. The topological polar surface area (TPSA) is 51.2 Å². The molecule has 1 amide bonds. The smallest absolute Gasteiger partial charge is 0.263 e. The molecule has 4 nitrogen and oxygen atoms in total. The van der Waals surface area contributed by atoms with E-state index in [9.17, 15) is 4.79 Å². The van der Waals surface area contributed by atoms with Gasteiger partial charge in [-0.15, -0.1) is 0 Å². The third kappa shape index (κ3) is 3.81. The number of carbonyl (C=O) groups is 1. The molecule has 0 fully saturated rings. The third-order valence-electron chi connectivity index (χ3n) is 2.66. The molecule has 0 spiro atoms. The van der Waals surface area contributed by atoms with E-state index in [0.717, 1.165) is 11.1 Å². The number of hydrogen-bond donors (Lipinski definition) is 1. The van der Waals surface area contributed by atoms with Crippen molar-refractivity contribution < 1.29 is 9.53 Å². The lowest BCUT2D eigenvalue weighted by molar-refractivity contribution is -0.118. The van der Waals surface area contributed by atoms with E-state index >= 15 is 0 Å². The van der Waals surface area contributed by atoms with Crippen LogP contribution in [0.3, 0.4) is 0 Å². The van der Waals surface area contributed by atoms with Crippen LogP contribution in [0.2, 0.25) is 0 Å². The zero-order chi connectivity index (χ0) is 13.7.